The molecule has 1 aromatic heterocycles. The fourth-order valence-electron chi connectivity index (χ4n) is 2.27. The SMILES string of the molecule is COCCNC(=O)c1cc(C)nc(NCCN2CCOCC2)n1. The number of rotatable bonds is 8. The second-order valence-electron chi connectivity index (χ2n) is 5.35. The molecule has 0 spiro atoms. The molecule has 8 heteroatoms. The lowest BCUT2D eigenvalue weighted by molar-refractivity contribution is 0.0398. The van der Waals surface area contributed by atoms with E-state index in [9.17, 15) is 4.79 Å². The average molecular weight is 323 g/mol. The molecule has 0 aromatic carbocycles. The third-order valence-electron chi connectivity index (χ3n) is 3.49. The zero-order chi connectivity index (χ0) is 16.5. The predicted octanol–water partition coefficient (Wildman–Crippen LogP) is -0.0947. The van der Waals surface area contributed by atoms with E-state index in [0.29, 0.717) is 24.8 Å². The van der Waals surface area contributed by atoms with E-state index >= 15 is 0 Å². The molecule has 0 bridgehead atoms. The number of hydrogen-bond donors (Lipinski definition) is 2. The minimum absolute atomic E-state index is 0.219. The van der Waals surface area contributed by atoms with Gasteiger partial charge in [-0.1, -0.05) is 0 Å². The van der Waals surface area contributed by atoms with Crippen LogP contribution in [0.5, 0.6) is 0 Å². The predicted molar refractivity (Wildman–Crippen MR) is 86.7 cm³/mol. The summed E-state index contributed by atoms with van der Waals surface area (Å²) in [6, 6.07) is 1.68. The van der Waals surface area contributed by atoms with Crippen LogP contribution in [0, 0.1) is 6.92 Å². The van der Waals surface area contributed by atoms with Crippen molar-refractivity contribution in [1.82, 2.24) is 20.2 Å². The number of nitrogens with zero attached hydrogens (tertiary/aromatic N) is 3. The van der Waals surface area contributed by atoms with Crippen molar-refractivity contribution in [3.05, 3.63) is 17.5 Å². The molecule has 1 aromatic rings. The first-order valence-electron chi connectivity index (χ1n) is 7.86. The van der Waals surface area contributed by atoms with E-state index in [2.05, 4.69) is 25.5 Å². The summed E-state index contributed by atoms with van der Waals surface area (Å²) in [4.78, 5) is 23.0. The van der Waals surface area contributed by atoms with Gasteiger partial charge in [0, 0.05) is 45.5 Å². The fraction of sp³-hybridized carbons (Fsp3) is 0.667. The minimum Gasteiger partial charge on any atom is -0.383 e. The zero-order valence-corrected chi connectivity index (χ0v) is 13.8. The maximum absolute atomic E-state index is 12.0. The van der Waals surface area contributed by atoms with Gasteiger partial charge in [-0.25, -0.2) is 9.97 Å². The van der Waals surface area contributed by atoms with Gasteiger partial charge in [-0.15, -0.1) is 0 Å². The molecule has 1 saturated heterocycles. The molecule has 0 unspecified atom stereocenters. The highest BCUT2D eigenvalue weighted by molar-refractivity contribution is 5.92. The van der Waals surface area contributed by atoms with Crippen LogP contribution in [0.15, 0.2) is 6.07 Å². The van der Waals surface area contributed by atoms with Gasteiger partial charge in [-0.3, -0.25) is 9.69 Å². The highest BCUT2D eigenvalue weighted by Gasteiger charge is 2.12. The summed E-state index contributed by atoms with van der Waals surface area (Å²) in [7, 11) is 1.59. The normalized spacial score (nSPS) is 15.4. The molecule has 2 rings (SSSR count). The van der Waals surface area contributed by atoms with Crippen LogP contribution >= 0.6 is 0 Å². The van der Waals surface area contributed by atoms with Crippen LogP contribution in [0.2, 0.25) is 0 Å². The quantitative estimate of drug-likeness (QED) is 0.646. The highest BCUT2D eigenvalue weighted by atomic mass is 16.5. The van der Waals surface area contributed by atoms with E-state index in [1.54, 1.807) is 13.2 Å². The van der Waals surface area contributed by atoms with Crippen LogP contribution in [0.3, 0.4) is 0 Å². The maximum Gasteiger partial charge on any atom is 0.270 e. The van der Waals surface area contributed by atoms with Crippen molar-refractivity contribution in [3.8, 4) is 0 Å². The summed E-state index contributed by atoms with van der Waals surface area (Å²) in [5.41, 5.74) is 1.12. The third-order valence-corrected chi connectivity index (χ3v) is 3.49. The molecule has 1 amide bonds. The molecule has 2 heterocycles. The van der Waals surface area contributed by atoms with Gasteiger partial charge in [-0.2, -0.15) is 0 Å². The van der Waals surface area contributed by atoms with Gasteiger partial charge in [0.15, 0.2) is 0 Å². The van der Waals surface area contributed by atoms with Crippen LogP contribution < -0.4 is 10.6 Å². The first-order valence-corrected chi connectivity index (χ1v) is 7.86. The number of methoxy groups -OCH3 is 1. The van der Waals surface area contributed by atoms with E-state index < -0.39 is 0 Å². The number of nitrogens with one attached hydrogen (secondary N) is 2. The summed E-state index contributed by atoms with van der Waals surface area (Å²) < 4.78 is 10.2. The highest BCUT2D eigenvalue weighted by Crippen LogP contribution is 2.05. The molecule has 2 N–H and O–H groups in total. The summed E-state index contributed by atoms with van der Waals surface area (Å²) >= 11 is 0. The fourth-order valence-corrected chi connectivity index (χ4v) is 2.27. The summed E-state index contributed by atoms with van der Waals surface area (Å²) in [6.07, 6.45) is 0. The molecular weight excluding hydrogens is 298 g/mol. The minimum atomic E-state index is -0.219. The lowest BCUT2D eigenvalue weighted by atomic mass is 10.3. The molecule has 8 nitrogen and oxygen atoms in total. The van der Waals surface area contributed by atoms with E-state index in [0.717, 1.165) is 45.1 Å². The Morgan fingerprint density at radius 2 is 2.13 bits per heavy atom. The molecule has 0 radical (unpaired) electrons. The Morgan fingerprint density at radius 3 is 2.87 bits per heavy atom. The first-order chi connectivity index (χ1) is 11.2. The number of aryl methyl sites for hydroxylation is 1. The Morgan fingerprint density at radius 1 is 1.35 bits per heavy atom. The molecule has 0 aliphatic carbocycles. The lowest BCUT2D eigenvalue weighted by Crippen LogP contribution is -2.39. The molecule has 1 fully saturated rings. The summed E-state index contributed by atoms with van der Waals surface area (Å²) in [6.45, 7) is 7.87. The van der Waals surface area contributed by atoms with Crippen LogP contribution in [0.1, 0.15) is 16.2 Å². The number of anilines is 1. The molecule has 128 valence electrons. The van der Waals surface area contributed by atoms with Crippen LogP contribution in [-0.4, -0.2) is 80.4 Å². The topological polar surface area (TPSA) is 88.6 Å². The van der Waals surface area contributed by atoms with Gasteiger partial charge in [0.05, 0.1) is 19.8 Å². The van der Waals surface area contributed by atoms with Crippen LogP contribution in [0.25, 0.3) is 0 Å². The largest absolute Gasteiger partial charge is 0.383 e. The van der Waals surface area contributed by atoms with Crippen LogP contribution in [-0.2, 0) is 9.47 Å². The second-order valence-corrected chi connectivity index (χ2v) is 5.35. The van der Waals surface area contributed by atoms with Crippen molar-refractivity contribution < 1.29 is 14.3 Å². The number of carbonyl (C=O) groups excluding carboxylic acids is 1. The van der Waals surface area contributed by atoms with Crippen molar-refractivity contribution in [2.75, 3.05) is 65.0 Å². The number of morpholine rings is 1. The van der Waals surface area contributed by atoms with Crippen molar-refractivity contribution in [2.45, 2.75) is 6.92 Å². The van der Waals surface area contributed by atoms with Gasteiger partial charge < -0.3 is 20.1 Å². The first kappa shape index (κ1) is 17.6. The van der Waals surface area contributed by atoms with Crippen molar-refractivity contribution in [2.24, 2.45) is 0 Å². The number of hydrogen-bond acceptors (Lipinski definition) is 7. The molecule has 23 heavy (non-hydrogen) atoms. The van der Waals surface area contributed by atoms with Crippen molar-refractivity contribution in [3.63, 3.8) is 0 Å². The number of carbonyl (C=O) groups is 1. The van der Waals surface area contributed by atoms with E-state index in [1.807, 2.05) is 6.92 Å². The van der Waals surface area contributed by atoms with Gasteiger partial charge >= 0.3 is 0 Å². The Bertz CT molecular complexity index is 506. The molecule has 1 aliphatic rings. The molecular formula is C15H25N5O3. The molecule has 0 saturated carbocycles. The summed E-state index contributed by atoms with van der Waals surface area (Å²) in [5, 5.41) is 5.94. The maximum atomic E-state index is 12.0. The van der Waals surface area contributed by atoms with Crippen molar-refractivity contribution in [1.29, 1.82) is 0 Å². The van der Waals surface area contributed by atoms with E-state index in [-0.39, 0.29) is 5.91 Å². The van der Waals surface area contributed by atoms with Crippen molar-refractivity contribution >= 4 is 11.9 Å². The smallest absolute Gasteiger partial charge is 0.270 e. The van der Waals surface area contributed by atoms with E-state index in [4.69, 9.17) is 9.47 Å². The van der Waals surface area contributed by atoms with Gasteiger partial charge in [-0.05, 0) is 13.0 Å². The zero-order valence-electron chi connectivity index (χ0n) is 13.8. The Balaban J connectivity index is 1.84. The number of amides is 1. The van der Waals surface area contributed by atoms with E-state index in [1.165, 1.54) is 0 Å². The Labute approximate surface area is 136 Å². The molecule has 0 atom stereocenters. The third kappa shape index (κ3) is 6.09. The Hall–Kier alpha value is -1.77. The average Bonchev–Trinajstić information content (AvgIpc) is 2.55. The number of ether oxygens (including phenoxy) is 2. The standard InChI is InChI=1S/C15H25N5O3/c1-12-11-13(14(21)16-4-8-22-2)19-15(18-12)17-3-5-20-6-9-23-10-7-20/h11H,3-10H2,1-2H3,(H,16,21)(H,17,18,19). The number of aromatic nitrogens is 2. The van der Waals surface area contributed by atoms with Crippen LogP contribution in [0.4, 0.5) is 5.95 Å². The van der Waals surface area contributed by atoms with Gasteiger partial charge in [0.1, 0.15) is 5.69 Å². The molecule has 1 aliphatic heterocycles. The van der Waals surface area contributed by atoms with Gasteiger partial charge in [0.25, 0.3) is 5.91 Å². The second kappa shape index (κ2) is 9.39. The van der Waals surface area contributed by atoms with Gasteiger partial charge in [0.2, 0.25) is 5.95 Å². The lowest BCUT2D eigenvalue weighted by Gasteiger charge is -2.26. The summed E-state index contributed by atoms with van der Waals surface area (Å²) in [5.74, 6) is 0.263. The Kier molecular flexibility index (Phi) is 7.18. The monoisotopic (exact) mass is 323 g/mol.